The van der Waals surface area contributed by atoms with Crippen LogP contribution in [0.2, 0.25) is 0 Å². The molecule has 224 valence electrons. The zero-order chi connectivity index (χ0) is 31.5. The number of hydrogen-bond donors (Lipinski definition) is 1. The minimum Gasteiger partial charge on any atom is -0.504 e. The molecule has 2 aliphatic carbocycles. The van der Waals surface area contributed by atoms with Gasteiger partial charge in [0.05, 0.1) is 0 Å². The third-order valence-corrected chi connectivity index (χ3v) is 8.09. The van der Waals surface area contributed by atoms with Crippen LogP contribution in [0.4, 0.5) is 0 Å². The topological polar surface area (TPSA) is 37.3 Å². The van der Waals surface area contributed by atoms with Crippen molar-refractivity contribution in [1.82, 2.24) is 0 Å². The molecule has 0 radical (unpaired) electrons. The van der Waals surface area contributed by atoms with Crippen LogP contribution in [0.25, 0.3) is 0 Å². The molecule has 0 heterocycles. The summed E-state index contributed by atoms with van der Waals surface area (Å²) in [4.78, 5) is 12.2. The molecule has 0 aromatic heterocycles. The molecular formula is C40H52O2. The molecule has 0 saturated carbocycles. The maximum absolute atomic E-state index is 12.2. The number of carbonyl (C=O) groups excluding carboxylic acids is 1. The molecule has 0 fully saturated rings. The van der Waals surface area contributed by atoms with Crippen molar-refractivity contribution in [3.8, 4) is 0 Å². The number of rotatable bonds is 10. The molecule has 2 rings (SSSR count). The Morgan fingerprint density at radius 3 is 1.83 bits per heavy atom. The Bertz CT molecular complexity index is 1380. The summed E-state index contributed by atoms with van der Waals surface area (Å²) >= 11 is 0. The second kappa shape index (κ2) is 15.5. The van der Waals surface area contributed by atoms with Gasteiger partial charge >= 0.3 is 0 Å². The van der Waals surface area contributed by atoms with Gasteiger partial charge in [0.1, 0.15) is 0 Å². The normalized spacial score (nSPS) is 22.9. The molecule has 42 heavy (non-hydrogen) atoms. The number of allylic oxidation sites excluding steroid dienone is 23. The quantitative estimate of drug-likeness (QED) is 0.212. The highest BCUT2D eigenvalue weighted by Gasteiger charge is 2.31. The number of ketones is 1. The molecular weight excluding hydrogens is 512 g/mol. The van der Waals surface area contributed by atoms with Crippen LogP contribution < -0.4 is 0 Å². The van der Waals surface area contributed by atoms with Crippen LogP contribution in [-0.2, 0) is 4.79 Å². The first kappa shape index (κ1) is 34.6. The maximum atomic E-state index is 12.2. The molecule has 0 aromatic rings. The smallest absolute Gasteiger partial charge is 0.222 e. The molecule has 0 aromatic carbocycles. The average Bonchev–Trinajstić information content (AvgIpc) is 2.88. The minimum absolute atomic E-state index is 0.166. The molecule has 0 spiro atoms. The van der Waals surface area contributed by atoms with Gasteiger partial charge in [-0.15, -0.1) is 0 Å². The Morgan fingerprint density at radius 1 is 0.786 bits per heavy atom. The monoisotopic (exact) mass is 564 g/mol. The average molecular weight is 565 g/mol. The van der Waals surface area contributed by atoms with Crippen molar-refractivity contribution < 1.29 is 9.90 Å². The lowest BCUT2D eigenvalue weighted by Gasteiger charge is -2.36. The summed E-state index contributed by atoms with van der Waals surface area (Å²) in [6.45, 7) is 21.2. The van der Waals surface area contributed by atoms with Gasteiger partial charge in [-0.25, -0.2) is 0 Å². The van der Waals surface area contributed by atoms with Crippen molar-refractivity contribution in [2.24, 2.45) is 16.7 Å². The summed E-state index contributed by atoms with van der Waals surface area (Å²) in [5.74, 6) is 0.0469. The lowest BCUT2D eigenvalue weighted by atomic mass is 9.68. The van der Waals surface area contributed by atoms with E-state index in [2.05, 4.69) is 108 Å². The van der Waals surface area contributed by atoms with E-state index in [-0.39, 0.29) is 17.0 Å². The van der Waals surface area contributed by atoms with E-state index in [0.29, 0.717) is 16.9 Å². The Labute approximate surface area is 256 Å². The van der Waals surface area contributed by atoms with Crippen molar-refractivity contribution in [3.05, 3.63) is 142 Å². The number of aliphatic hydroxyl groups is 1. The van der Waals surface area contributed by atoms with Crippen LogP contribution in [0.15, 0.2) is 142 Å². The van der Waals surface area contributed by atoms with Gasteiger partial charge in [0.25, 0.3) is 0 Å². The number of carbonyl (C=O) groups is 1. The van der Waals surface area contributed by atoms with Gasteiger partial charge in [0, 0.05) is 16.9 Å². The first-order valence-corrected chi connectivity index (χ1v) is 15.1. The number of aliphatic hydroxyl groups excluding tert-OH is 1. The summed E-state index contributed by atoms with van der Waals surface area (Å²) in [5, 5.41) is 9.89. The van der Waals surface area contributed by atoms with Gasteiger partial charge in [-0.2, -0.15) is 0 Å². The molecule has 1 unspecified atom stereocenters. The van der Waals surface area contributed by atoms with Crippen molar-refractivity contribution in [1.29, 1.82) is 0 Å². The highest BCUT2D eigenvalue weighted by molar-refractivity contribution is 6.08. The lowest BCUT2D eigenvalue weighted by Crippen LogP contribution is -2.26. The van der Waals surface area contributed by atoms with Crippen molar-refractivity contribution in [2.75, 3.05) is 0 Å². The molecule has 0 bridgehead atoms. The Hall–Kier alpha value is -3.65. The van der Waals surface area contributed by atoms with Gasteiger partial charge in [-0.1, -0.05) is 147 Å². The molecule has 0 aliphatic heterocycles. The van der Waals surface area contributed by atoms with Crippen LogP contribution in [0.3, 0.4) is 0 Å². The van der Waals surface area contributed by atoms with Crippen molar-refractivity contribution in [3.63, 3.8) is 0 Å². The second-order valence-electron chi connectivity index (χ2n) is 13.0. The van der Waals surface area contributed by atoms with Crippen LogP contribution in [0.1, 0.15) is 82.1 Å². The third-order valence-electron chi connectivity index (χ3n) is 8.09. The van der Waals surface area contributed by atoms with E-state index in [4.69, 9.17) is 0 Å². The van der Waals surface area contributed by atoms with E-state index >= 15 is 0 Å². The van der Waals surface area contributed by atoms with Crippen LogP contribution in [0.5, 0.6) is 0 Å². The van der Waals surface area contributed by atoms with Crippen molar-refractivity contribution in [2.45, 2.75) is 82.1 Å². The SMILES string of the molecule is CC1=CCCC(C)(C)C1/C=C/C(C)=C/C=C/C(C)=C/C=C/C=C(C)/C=C/C=C(C)/C=C/C1=C(C)C(=O)C(O)=CC1(C)C. The predicted octanol–water partition coefficient (Wildman–Crippen LogP) is 11.3. The van der Waals surface area contributed by atoms with Crippen LogP contribution in [-0.4, -0.2) is 10.9 Å². The van der Waals surface area contributed by atoms with Gasteiger partial charge in [-0.3, -0.25) is 4.79 Å². The van der Waals surface area contributed by atoms with Gasteiger partial charge in [0.15, 0.2) is 5.76 Å². The van der Waals surface area contributed by atoms with Crippen LogP contribution >= 0.6 is 0 Å². The fraction of sp³-hybridized carbons (Fsp3) is 0.375. The van der Waals surface area contributed by atoms with Crippen molar-refractivity contribution >= 4 is 5.78 Å². The zero-order valence-electron chi connectivity index (χ0n) is 27.6. The zero-order valence-corrected chi connectivity index (χ0v) is 27.6. The summed E-state index contributed by atoms with van der Waals surface area (Å²) in [6.07, 6.45) is 36.0. The van der Waals surface area contributed by atoms with Gasteiger partial charge < -0.3 is 5.11 Å². The highest BCUT2D eigenvalue weighted by Crippen LogP contribution is 2.41. The third kappa shape index (κ3) is 10.6. The first-order chi connectivity index (χ1) is 19.6. The Morgan fingerprint density at radius 2 is 1.29 bits per heavy atom. The summed E-state index contributed by atoms with van der Waals surface area (Å²) in [7, 11) is 0. The Kier molecular flexibility index (Phi) is 12.8. The van der Waals surface area contributed by atoms with Gasteiger partial charge in [0.2, 0.25) is 5.78 Å². The maximum Gasteiger partial charge on any atom is 0.222 e. The fourth-order valence-electron chi connectivity index (χ4n) is 5.41. The number of hydrogen-bond acceptors (Lipinski definition) is 2. The van der Waals surface area contributed by atoms with Gasteiger partial charge in [-0.05, 0) is 71.4 Å². The minimum atomic E-state index is -0.390. The molecule has 2 heteroatoms. The molecule has 2 nitrogen and oxygen atoms in total. The highest BCUT2D eigenvalue weighted by atomic mass is 16.3. The predicted molar refractivity (Wildman–Crippen MR) is 183 cm³/mol. The largest absolute Gasteiger partial charge is 0.504 e. The molecule has 0 amide bonds. The molecule has 2 aliphatic rings. The lowest BCUT2D eigenvalue weighted by molar-refractivity contribution is -0.114. The number of Topliss-reactive ketones (excluding diaryl/α,β-unsaturated/α-hetero) is 1. The first-order valence-electron chi connectivity index (χ1n) is 15.1. The summed E-state index contributed by atoms with van der Waals surface area (Å²) in [6, 6.07) is 0. The molecule has 1 N–H and O–H groups in total. The second-order valence-corrected chi connectivity index (χ2v) is 13.0. The molecule has 1 atom stereocenters. The Balaban J connectivity index is 1.91. The summed E-state index contributed by atoms with van der Waals surface area (Å²) in [5.41, 5.74) is 7.62. The van der Waals surface area contributed by atoms with E-state index in [1.165, 1.54) is 29.6 Å². The van der Waals surface area contributed by atoms with E-state index in [9.17, 15) is 9.90 Å². The summed E-state index contributed by atoms with van der Waals surface area (Å²) < 4.78 is 0. The van der Waals surface area contributed by atoms with E-state index < -0.39 is 0 Å². The fourth-order valence-corrected chi connectivity index (χ4v) is 5.41. The standard InChI is InChI=1S/C40H52O2/c1-29(18-13-20-31(3)23-25-35-33(5)22-15-27-39(35,7)8)16-11-12-17-30(2)19-14-21-32(4)24-26-36-34(6)38(42)37(41)28-40(36,9)10/h11-14,16-26,28,35,41H,15,27H2,1-10H3/b12-11+,18-13+,19-14+,25-23+,26-24+,29-16+,30-17+,31-20+,32-21+. The van der Waals surface area contributed by atoms with E-state index in [1.807, 2.05) is 45.1 Å². The van der Waals surface area contributed by atoms with E-state index in [0.717, 1.165) is 16.7 Å². The van der Waals surface area contributed by atoms with E-state index in [1.54, 1.807) is 13.0 Å². The van der Waals surface area contributed by atoms with Crippen LogP contribution in [0, 0.1) is 16.7 Å². The molecule has 0 saturated heterocycles.